The molecule has 6 heteroatoms. The first-order valence-electron chi connectivity index (χ1n) is 5.95. The summed E-state index contributed by atoms with van der Waals surface area (Å²) >= 11 is 5.84. The summed E-state index contributed by atoms with van der Waals surface area (Å²) in [6, 6.07) is 2.83. The van der Waals surface area contributed by atoms with Crippen LogP contribution in [0, 0.1) is 0 Å². The molecule has 0 fully saturated rings. The minimum absolute atomic E-state index is 0.0936. The van der Waals surface area contributed by atoms with Crippen LogP contribution in [0.2, 0.25) is 5.02 Å². The Balaban J connectivity index is 2.22. The predicted molar refractivity (Wildman–Crippen MR) is 66.0 cm³/mol. The van der Waals surface area contributed by atoms with Crippen molar-refractivity contribution >= 4 is 17.6 Å². The molecule has 3 nitrogen and oxygen atoms in total. The van der Waals surface area contributed by atoms with Crippen molar-refractivity contribution in [3.8, 4) is 5.75 Å². The van der Waals surface area contributed by atoms with E-state index in [2.05, 4.69) is 0 Å². The smallest absolute Gasteiger partial charge is 0.303 e. The van der Waals surface area contributed by atoms with Gasteiger partial charge < -0.3 is 9.84 Å². The Kier molecular flexibility index (Phi) is 3.94. The van der Waals surface area contributed by atoms with Crippen molar-refractivity contribution in [2.24, 2.45) is 0 Å². The van der Waals surface area contributed by atoms with E-state index < -0.39 is 18.3 Å². The van der Waals surface area contributed by atoms with Crippen LogP contribution >= 0.6 is 11.6 Å². The fourth-order valence-electron chi connectivity index (χ4n) is 2.14. The minimum Gasteiger partial charge on any atom is -0.492 e. The summed E-state index contributed by atoms with van der Waals surface area (Å²) in [5, 5.41) is 8.74. The van der Waals surface area contributed by atoms with Crippen LogP contribution in [-0.2, 0) is 17.1 Å². The molecule has 1 aliphatic rings. The first-order chi connectivity index (χ1) is 8.90. The molecule has 1 N–H and O–H groups in total. The number of halogens is 3. The largest absolute Gasteiger partial charge is 0.492 e. The van der Waals surface area contributed by atoms with Crippen molar-refractivity contribution in [2.75, 3.05) is 6.61 Å². The van der Waals surface area contributed by atoms with Crippen molar-refractivity contribution in [1.82, 2.24) is 0 Å². The van der Waals surface area contributed by atoms with Gasteiger partial charge in [0.15, 0.2) is 0 Å². The molecular weight excluding hydrogens is 278 g/mol. The van der Waals surface area contributed by atoms with Gasteiger partial charge in [-0.2, -0.15) is 0 Å². The number of alkyl halides is 2. The summed E-state index contributed by atoms with van der Waals surface area (Å²) in [7, 11) is 0. The number of carboxylic acids is 1. The molecule has 0 saturated carbocycles. The third-order valence-electron chi connectivity index (χ3n) is 3.02. The normalized spacial score (nSPS) is 14.1. The van der Waals surface area contributed by atoms with Crippen LogP contribution < -0.4 is 4.74 Å². The van der Waals surface area contributed by atoms with Gasteiger partial charge in [-0.3, -0.25) is 4.79 Å². The van der Waals surface area contributed by atoms with Gasteiger partial charge in [-0.25, -0.2) is 8.78 Å². The fourth-order valence-corrected chi connectivity index (χ4v) is 2.38. The van der Waals surface area contributed by atoms with Crippen LogP contribution in [0.3, 0.4) is 0 Å². The summed E-state index contributed by atoms with van der Waals surface area (Å²) in [5.74, 6) is -4.01. The predicted octanol–water partition coefficient (Wildman–Crippen LogP) is 3.62. The molecule has 104 valence electrons. The number of fused-ring (bicyclic) bond motifs is 1. The van der Waals surface area contributed by atoms with Crippen molar-refractivity contribution < 1.29 is 23.4 Å². The van der Waals surface area contributed by atoms with Gasteiger partial charge in [0.05, 0.1) is 12.2 Å². The SMILES string of the molecule is O=C(O)CCCC(F)(F)c1cc(Cl)cc2c1OCC2. The van der Waals surface area contributed by atoms with Crippen molar-refractivity contribution in [2.45, 2.75) is 31.6 Å². The lowest BCUT2D eigenvalue weighted by atomic mass is 9.99. The van der Waals surface area contributed by atoms with Gasteiger partial charge in [-0.05, 0) is 24.1 Å². The molecule has 0 saturated heterocycles. The van der Waals surface area contributed by atoms with Crippen LogP contribution in [0.1, 0.15) is 30.4 Å². The molecule has 0 aliphatic carbocycles. The highest BCUT2D eigenvalue weighted by Crippen LogP contribution is 2.44. The number of aliphatic carboxylic acids is 1. The summed E-state index contributed by atoms with van der Waals surface area (Å²) in [5.41, 5.74) is 0.443. The number of carbonyl (C=O) groups is 1. The molecule has 1 aromatic rings. The van der Waals surface area contributed by atoms with E-state index in [1.807, 2.05) is 0 Å². The molecule has 2 rings (SSSR count). The number of hydrogen-bond donors (Lipinski definition) is 1. The highest BCUT2D eigenvalue weighted by molar-refractivity contribution is 6.30. The zero-order valence-electron chi connectivity index (χ0n) is 10.1. The summed E-state index contributed by atoms with van der Waals surface area (Å²) in [6.07, 6.45) is -0.341. The van der Waals surface area contributed by atoms with Crippen LogP contribution in [-0.4, -0.2) is 17.7 Å². The summed E-state index contributed by atoms with van der Waals surface area (Å²) in [4.78, 5) is 10.4. The van der Waals surface area contributed by atoms with Crippen LogP contribution in [0.5, 0.6) is 5.75 Å². The molecule has 1 aromatic carbocycles. The molecule has 0 atom stereocenters. The number of rotatable bonds is 5. The third-order valence-corrected chi connectivity index (χ3v) is 3.24. The van der Waals surface area contributed by atoms with Gasteiger partial charge in [0.25, 0.3) is 5.92 Å². The van der Waals surface area contributed by atoms with Gasteiger partial charge in [0.1, 0.15) is 5.75 Å². The van der Waals surface area contributed by atoms with Crippen LogP contribution in [0.25, 0.3) is 0 Å². The topological polar surface area (TPSA) is 46.5 Å². The van der Waals surface area contributed by atoms with E-state index in [0.717, 1.165) is 0 Å². The molecular formula is C13H13ClF2O3. The van der Waals surface area contributed by atoms with E-state index in [-0.39, 0.29) is 29.2 Å². The van der Waals surface area contributed by atoms with Crippen LogP contribution in [0.15, 0.2) is 12.1 Å². The van der Waals surface area contributed by atoms with Crippen LogP contribution in [0.4, 0.5) is 8.78 Å². The molecule has 0 aromatic heterocycles. The van der Waals surface area contributed by atoms with Gasteiger partial charge in [0, 0.05) is 24.3 Å². The summed E-state index contributed by atoms with van der Waals surface area (Å²) in [6.45, 7) is 0.369. The molecule has 0 amide bonds. The van der Waals surface area contributed by atoms with E-state index >= 15 is 0 Å². The molecule has 0 spiro atoms. The Hall–Kier alpha value is -1.36. The Morgan fingerprint density at radius 2 is 2.21 bits per heavy atom. The molecule has 0 unspecified atom stereocenters. The van der Waals surface area contributed by atoms with Crippen molar-refractivity contribution in [3.05, 3.63) is 28.3 Å². The second-order valence-corrected chi connectivity index (χ2v) is 4.93. The minimum atomic E-state index is -3.13. The van der Waals surface area contributed by atoms with E-state index in [9.17, 15) is 13.6 Å². The maximum atomic E-state index is 14.1. The highest BCUT2D eigenvalue weighted by Gasteiger charge is 2.37. The first kappa shape index (κ1) is 14.1. The zero-order valence-corrected chi connectivity index (χ0v) is 10.8. The van der Waals surface area contributed by atoms with Gasteiger partial charge >= 0.3 is 5.97 Å². The van der Waals surface area contributed by atoms with Gasteiger partial charge in [-0.15, -0.1) is 0 Å². The monoisotopic (exact) mass is 290 g/mol. The Labute approximate surface area is 114 Å². The first-order valence-corrected chi connectivity index (χ1v) is 6.33. The molecule has 1 heterocycles. The maximum Gasteiger partial charge on any atom is 0.303 e. The number of hydrogen-bond acceptors (Lipinski definition) is 2. The molecule has 1 aliphatic heterocycles. The molecule has 0 radical (unpaired) electrons. The number of benzene rings is 1. The molecule has 19 heavy (non-hydrogen) atoms. The van der Waals surface area contributed by atoms with Crippen molar-refractivity contribution in [3.63, 3.8) is 0 Å². The average molecular weight is 291 g/mol. The van der Waals surface area contributed by atoms with E-state index in [0.29, 0.717) is 18.6 Å². The van der Waals surface area contributed by atoms with E-state index in [1.54, 1.807) is 6.07 Å². The fraction of sp³-hybridized carbons (Fsp3) is 0.462. The number of ether oxygens (including phenoxy) is 1. The average Bonchev–Trinajstić information content (AvgIpc) is 2.74. The quantitative estimate of drug-likeness (QED) is 0.901. The Morgan fingerprint density at radius 1 is 1.47 bits per heavy atom. The third kappa shape index (κ3) is 3.15. The van der Waals surface area contributed by atoms with E-state index in [1.165, 1.54) is 6.07 Å². The lowest BCUT2D eigenvalue weighted by Gasteiger charge is -2.19. The zero-order chi connectivity index (χ0) is 14.0. The van der Waals surface area contributed by atoms with E-state index in [4.69, 9.17) is 21.4 Å². The second kappa shape index (κ2) is 5.33. The lowest BCUT2D eigenvalue weighted by Crippen LogP contribution is -2.15. The van der Waals surface area contributed by atoms with Crippen molar-refractivity contribution in [1.29, 1.82) is 0 Å². The number of carboxylic acid groups (broad SMARTS) is 1. The lowest BCUT2D eigenvalue weighted by molar-refractivity contribution is -0.137. The van der Waals surface area contributed by atoms with Gasteiger partial charge in [0.2, 0.25) is 0 Å². The molecule has 0 bridgehead atoms. The standard InChI is InChI=1S/C13H13ClF2O3/c14-9-6-8-3-5-19-12(8)10(7-9)13(15,16)4-1-2-11(17)18/h6-7H,1-5H2,(H,17,18). The summed E-state index contributed by atoms with van der Waals surface area (Å²) < 4.78 is 33.5. The maximum absolute atomic E-state index is 14.1. The Morgan fingerprint density at radius 3 is 2.89 bits per heavy atom. The highest BCUT2D eigenvalue weighted by atomic mass is 35.5. The second-order valence-electron chi connectivity index (χ2n) is 4.49. The van der Waals surface area contributed by atoms with Gasteiger partial charge in [-0.1, -0.05) is 11.6 Å². The Bertz CT molecular complexity index is 503.